The molecular formula is C16H21N3O. The SMILES string of the molecule is CCc1nccn1CCNC(=O)c1cc(C)cc(C)c1. The van der Waals surface area contributed by atoms with Crippen LogP contribution < -0.4 is 5.32 Å². The zero-order valence-corrected chi connectivity index (χ0v) is 12.3. The van der Waals surface area contributed by atoms with Gasteiger partial charge in [-0.15, -0.1) is 0 Å². The predicted molar refractivity (Wildman–Crippen MR) is 79.9 cm³/mol. The number of rotatable bonds is 5. The van der Waals surface area contributed by atoms with Crippen LogP contribution in [0.4, 0.5) is 0 Å². The second-order valence-corrected chi connectivity index (χ2v) is 5.02. The van der Waals surface area contributed by atoms with E-state index in [-0.39, 0.29) is 5.91 Å². The third kappa shape index (κ3) is 3.47. The summed E-state index contributed by atoms with van der Waals surface area (Å²) in [5, 5.41) is 2.96. The lowest BCUT2D eigenvalue weighted by molar-refractivity contribution is 0.0952. The molecule has 20 heavy (non-hydrogen) atoms. The highest BCUT2D eigenvalue weighted by Crippen LogP contribution is 2.08. The van der Waals surface area contributed by atoms with Crippen LogP contribution in [0.25, 0.3) is 0 Å². The summed E-state index contributed by atoms with van der Waals surface area (Å²) in [6.45, 7) is 7.44. The van der Waals surface area contributed by atoms with Crippen LogP contribution in [-0.2, 0) is 13.0 Å². The summed E-state index contributed by atoms with van der Waals surface area (Å²) < 4.78 is 2.07. The molecule has 1 amide bonds. The second kappa shape index (κ2) is 6.37. The molecule has 0 atom stereocenters. The van der Waals surface area contributed by atoms with E-state index in [0.717, 1.165) is 35.5 Å². The largest absolute Gasteiger partial charge is 0.350 e. The smallest absolute Gasteiger partial charge is 0.251 e. The number of aromatic nitrogens is 2. The molecule has 0 saturated carbocycles. The van der Waals surface area contributed by atoms with Crippen molar-refractivity contribution >= 4 is 5.91 Å². The minimum Gasteiger partial charge on any atom is -0.350 e. The highest BCUT2D eigenvalue weighted by molar-refractivity contribution is 5.94. The van der Waals surface area contributed by atoms with Crippen molar-refractivity contribution in [1.82, 2.24) is 14.9 Å². The number of benzene rings is 1. The Balaban J connectivity index is 1.92. The Morgan fingerprint density at radius 1 is 1.25 bits per heavy atom. The molecule has 0 spiro atoms. The second-order valence-electron chi connectivity index (χ2n) is 5.02. The van der Waals surface area contributed by atoms with E-state index < -0.39 is 0 Å². The molecular weight excluding hydrogens is 250 g/mol. The van der Waals surface area contributed by atoms with E-state index in [4.69, 9.17) is 0 Å². The molecule has 106 valence electrons. The molecule has 0 aliphatic rings. The van der Waals surface area contributed by atoms with Crippen LogP contribution in [0.15, 0.2) is 30.6 Å². The summed E-state index contributed by atoms with van der Waals surface area (Å²) in [5.74, 6) is 1.03. The number of nitrogens with one attached hydrogen (secondary N) is 1. The molecule has 0 saturated heterocycles. The quantitative estimate of drug-likeness (QED) is 0.908. The van der Waals surface area contributed by atoms with Crippen LogP contribution in [0, 0.1) is 13.8 Å². The summed E-state index contributed by atoms with van der Waals surface area (Å²) in [6, 6.07) is 5.89. The van der Waals surface area contributed by atoms with Crippen LogP contribution in [-0.4, -0.2) is 22.0 Å². The van der Waals surface area contributed by atoms with Gasteiger partial charge in [0, 0.05) is 37.5 Å². The number of nitrogens with zero attached hydrogens (tertiary/aromatic N) is 2. The maximum absolute atomic E-state index is 12.1. The standard InChI is InChI=1S/C16H21N3O/c1-4-15-17-5-7-19(15)8-6-18-16(20)14-10-12(2)9-13(3)11-14/h5,7,9-11H,4,6,8H2,1-3H3,(H,18,20). The Morgan fingerprint density at radius 2 is 1.95 bits per heavy atom. The molecule has 0 aliphatic carbocycles. The van der Waals surface area contributed by atoms with Crippen molar-refractivity contribution in [3.63, 3.8) is 0 Å². The van der Waals surface area contributed by atoms with Gasteiger partial charge in [-0.3, -0.25) is 4.79 Å². The Morgan fingerprint density at radius 3 is 2.60 bits per heavy atom. The van der Waals surface area contributed by atoms with Crippen LogP contribution >= 0.6 is 0 Å². The zero-order valence-electron chi connectivity index (χ0n) is 12.3. The van der Waals surface area contributed by atoms with Gasteiger partial charge in [0.05, 0.1) is 0 Å². The minimum absolute atomic E-state index is 0.0186. The molecule has 0 fully saturated rings. The van der Waals surface area contributed by atoms with Gasteiger partial charge in [-0.2, -0.15) is 0 Å². The van der Waals surface area contributed by atoms with Crippen molar-refractivity contribution in [3.05, 3.63) is 53.1 Å². The van der Waals surface area contributed by atoms with Crippen LogP contribution in [0.3, 0.4) is 0 Å². The van der Waals surface area contributed by atoms with Gasteiger partial charge in [0.25, 0.3) is 5.91 Å². The molecule has 0 unspecified atom stereocenters. The summed E-state index contributed by atoms with van der Waals surface area (Å²) in [5.41, 5.74) is 2.94. The molecule has 1 aromatic heterocycles. The number of imidazole rings is 1. The molecule has 1 N–H and O–H groups in total. The summed E-state index contributed by atoms with van der Waals surface area (Å²) >= 11 is 0. The average Bonchev–Trinajstić information content (AvgIpc) is 2.85. The summed E-state index contributed by atoms with van der Waals surface area (Å²) in [7, 11) is 0. The lowest BCUT2D eigenvalue weighted by Gasteiger charge is -2.09. The van der Waals surface area contributed by atoms with Crippen molar-refractivity contribution in [2.45, 2.75) is 33.7 Å². The van der Waals surface area contributed by atoms with E-state index in [1.807, 2.05) is 32.2 Å². The first-order valence-corrected chi connectivity index (χ1v) is 6.96. The van der Waals surface area contributed by atoms with E-state index in [2.05, 4.69) is 27.9 Å². The monoisotopic (exact) mass is 271 g/mol. The summed E-state index contributed by atoms with van der Waals surface area (Å²) in [6.07, 6.45) is 4.64. The number of hydrogen-bond donors (Lipinski definition) is 1. The minimum atomic E-state index is -0.0186. The lowest BCUT2D eigenvalue weighted by Crippen LogP contribution is -2.27. The Labute approximate surface area is 119 Å². The van der Waals surface area contributed by atoms with Crippen molar-refractivity contribution in [1.29, 1.82) is 0 Å². The lowest BCUT2D eigenvalue weighted by atomic mass is 10.1. The third-order valence-electron chi connectivity index (χ3n) is 3.24. The predicted octanol–water partition coefficient (Wildman–Crippen LogP) is 2.49. The van der Waals surface area contributed by atoms with E-state index >= 15 is 0 Å². The molecule has 1 aromatic carbocycles. The third-order valence-corrected chi connectivity index (χ3v) is 3.24. The van der Waals surface area contributed by atoms with Gasteiger partial charge in [0.15, 0.2) is 0 Å². The van der Waals surface area contributed by atoms with Crippen LogP contribution in [0.2, 0.25) is 0 Å². The fourth-order valence-electron chi connectivity index (χ4n) is 2.36. The van der Waals surface area contributed by atoms with Crippen LogP contribution in [0.5, 0.6) is 0 Å². The Bertz CT molecular complexity index is 581. The van der Waals surface area contributed by atoms with Gasteiger partial charge < -0.3 is 9.88 Å². The Kier molecular flexibility index (Phi) is 4.56. The first kappa shape index (κ1) is 14.3. The molecule has 2 rings (SSSR count). The van der Waals surface area contributed by atoms with Crippen LogP contribution in [0.1, 0.15) is 34.2 Å². The van der Waals surface area contributed by atoms with E-state index in [9.17, 15) is 4.79 Å². The van der Waals surface area contributed by atoms with Crippen molar-refractivity contribution in [2.24, 2.45) is 0 Å². The number of carbonyl (C=O) groups excluding carboxylic acids is 1. The highest BCUT2D eigenvalue weighted by Gasteiger charge is 2.06. The van der Waals surface area contributed by atoms with Gasteiger partial charge in [-0.05, 0) is 26.0 Å². The van der Waals surface area contributed by atoms with E-state index in [0.29, 0.717) is 6.54 Å². The average molecular weight is 271 g/mol. The Hall–Kier alpha value is -2.10. The maximum atomic E-state index is 12.1. The van der Waals surface area contributed by atoms with Gasteiger partial charge in [0.2, 0.25) is 0 Å². The van der Waals surface area contributed by atoms with Gasteiger partial charge in [-0.1, -0.05) is 24.1 Å². The van der Waals surface area contributed by atoms with E-state index in [1.165, 1.54) is 0 Å². The van der Waals surface area contributed by atoms with Crippen molar-refractivity contribution in [2.75, 3.05) is 6.54 Å². The number of aryl methyl sites for hydroxylation is 3. The first-order chi connectivity index (χ1) is 9.60. The van der Waals surface area contributed by atoms with Crippen molar-refractivity contribution < 1.29 is 4.79 Å². The molecule has 4 nitrogen and oxygen atoms in total. The summed E-state index contributed by atoms with van der Waals surface area (Å²) in [4.78, 5) is 16.4. The first-order valence-electron chi connectivity index (χ1n) is 6.96. The van der Waals surface area contributed by atoms with E-state index in [1.54, 1.807) is 6.20 Å². The fraction of sp³-hybridized carbons (Fsp3) is 0.375. The molecule has 2 aromatic rings. The van der Waals surface area contributed by atoms with Gasteiger partial charge in [0.1, 0.15) is 5.82 Å². The number of hydrogen-bond acceptors (Lipinski definition) is 2. The van der Waals surface area contributed by atoms with Gasteiger partial charge in [-0.25, -0.2) is 4.98 Å². The van der Waals surface area contributed by atoms with Gasteiger partial charge >= 0.3 is 0 Å². The molecule has 1 heterocycles. The number of carbonyl (C=O) groups is 1. The zero-order chi connectivity index (χ0) is 14.5. The fourth-order valence-corrected chi connectivity index (χ4v) is 2.36. The molecule has 0 radical (unpaired) electrons. The number of amides is 1. The molecule has 4 heteroatoms. The maximum Gasteiger partial charge on any atom is 0.251 e. The molecule has 0 aliphatic heterocycles. The highest BCUT2D eigenvalue weighted by atomic mass is 16.1. The molecule has 0 bridgehead atoms. The topological polar surface area (TPSA) is 46.9 Å². The normalized spacial score (nSPS) is 10.6. The van der Waals surface area contributed by atoms with Crippen molar-refractivity contribution in [3.8, 4) is 0 Å².